The molecule has 0 fully saturated rings. The summed E-state index contributed by atoms with van der Waals surface area (Å²) < 4.78 is 30.8. The number of hydrogen-bond donors (Lipinski definition) is 1. The van der Waals surface area contributed by atoms with Crippen LogP contribution in [-0.2, 0) is 10.1 Å². The standard InChI is InChI=1S/C9H19BO3S/c1-2-3-4-6-9(7-5-8-10)14(11,12)13/h9H,2-8H2,1H3,(H,11,12,13). The molecule has 0 saturated heterocycles. The van der Waals surface area contributed by atoms with Crippen LogP contribution in [0.25, 0.3) is 0 Å². The van der Waals surface area contributed by atoms with Crippen LogP contribution >= 0.6 is 0 Å². The van der Waals surface area contributed by atoms with E-state index >= 15 is 0 Å². The molecule has 1 unspecified atom stereocenters. The van der Waals surface area contributed by atoms with E-state index in [1.54, 1.807) is 0 Å². The molecule has 82 valence electrons. The number of hydrogen-bond acceptors (Lipinski definition) is 2. The Bertz CT molecular complexity index is 226. The van der Waals surface area contributed by atoms with Crippen LogP contribution in [-0.4, -0.2) is 26.1 Å². The van der Waals surface area contributed by atoms with E-state index in [1.807, 2.05) is 0 Å². The fourth-order valence-electron chi connectivity index (χ4n) is 1.41. The summed E-state index contributed by atoms with van der Waals surface area (Å²) in [6.45, 7) is 2.06. The Balaban J connectivity index is 3.99. The molecule has 0 aromatic heterocycles. The van der Waals surface area contributed by atoms with Gasteiger partial charge in [0.05, 0.1) is 13.1 Å². The zero-order valence-electron chi connectivity index (χ0n) is 8.78. The van der Waals surface area contributed by atoms with Crippen molar-refractivity contribution in [2.24, 2.45) is 0 Å². The van der Waals surface area contributed by atoms with Gasteiger partial charge in [-0.1, -0.05) is 38.9 Å². The fourth-order valence-corrected chi connectivity index (χ4v) is 2.34. The van der Waals surface area contributed by atoms with Crippen LogP contribution in [0.3, 0.4) is 0 Å². The molecule has 0 aromatic carbocycles. The zero-order chi connectivity index (χ0) is 11.0. The Morgan fingerprint density at radius 2 is 1.79 bits per heavy atom. The number of rotatable bonds is 8. The first kappa shape index (κ1) is 14.0. The van der Waals surface area contributed by atoms with Crippen LogP contribution in [0.15, 0.2) is 0 Å². The van der Waals surface area contributed by atoms with Crippen LogP contribution in [0.1, 0.15) is 45.4 Å². The Morgan fingerprint density at radius 1 is 1.21 bits per heavy atom. The van der Waals surface area contributed by atoms with Crippen molar-refractivity contribution < 1.29 is 13.0 Å². The van der Waals surface area contributed by atoms with Crippen LogP contribution in [0.4, 0.5) is 0 Å². The van der Waals surface area contributed by atoms with Crippen molar-refractivity contribution in [3.05, 3.63) is 0 Å². The maximum absolute atomic E-state index is 10.9. The summed E-state index contributed by atoms with van der Waals surface area (Å²) in [4.78, 5) is 0. The summed E-state index contributed by atoms with van der Waals surface area (Å²) in [5.41, 5.74) is 0. The minimum Gasteiger partial charge on any atom is -0.285 e. The summed E-state index contributed by atoms with van der Waals surface area (Å²) in [5, 5.41) is -0.613. The molecule has 0 bridgehead atoms. The summed E-state index contributed by atoms with van der Waals surface area (Å²) in [6.07, 6.45) is 5.05. The van der Waals surface area contributed by atoms with Crippen molar-refractivity contribution in [1.29, 1.82) is 0 Å². The fraction of sp³-hybridized carbons (Fsp3) is 1.00. The van der Waals surface area contributed by atoms with Crippen LogP contribution in [0.2, 0.25) is 6.32 Å². The van der Waals surface area contributed by atoms with Gasteiger partial charge in [0, 0.05) is 0 Å². The minimum atomic E-state index is -3.87. The lowest BCUT2D eigenvalue weighted by Crippen LogP contribution is -2.20. The van der Waals surface area contributed by atoms with Gasteiger partial charge in [-0.2, -0.15) is 8.42 Å². The maximum Gasteiger partial charge on any atom is 0.267 e. The maximum atomic E-state index is 10.9. The molecule has 1 N–H and O–H groups in total. The predicted molar refractivity (Wildman–Crippen MR) is 59.3 cm³/mol. The van der Waals surface area contributed by atoms with E-state index in [4.69, 9.17) is 12.4 Å². The van der Waals surface area contributed by atoms with Crippen molar-refractivity contribution in [3.63, 3.8) is 0 Å². The molecular formula is C9H19BO3S. The molecule has 0 spiro atoms. The van der Waals surface area contributed by atoms with E-state index < -0.39 is 15.4 Å². The van der Waals surface area contributed by atoms with Gasteiger partial charge in [-0.05, 0) is 12.8 Å². The SMILES string of the molecule is [B]CCCC(CCCCC)S(=O)(=O)O. The van der Waals surface area contributed by atoms with Gasteiger partial charge in [-0.3, -0.25) is 4.55 Å². The minimum absolute atomic E-state index is 0.471. The third-order valence-corrected chi connectivity index (χ3v) is 3.59. The molecule has 5 heteroatoms. The van der Waals surface area contributed by atoms with Crippen LogP contribution < -0.4 is 0 Å². The van der Waals surface area contributed by atoms with E-state index in [2.05, 4.69) is 6.92 Å². The predicted octanol–water partition coefficient (Wildman–Crippen LogP) is 2.19. The first-order valence-corrected chi connectivity index (χ1v) is 6.69. The Kier molecular flexibility index (Phi) is 7.28. The Labute approximate surface area is 88.4 Å². The molecule has 0 amide bonds. The van der Waals surface area contributed by atoms with Gasteiger partial charge in [-0.15, -0.1) is 0 Å². The second-order valence-corrected chi connectivity index (χ2v) is 5.26. The second-order valence-electron chi connectivity index (χ2n) is 3.56. The topological polar surface area (TPSA) is 54.4 Å². The van der Waals surface area contributed by atoms with E-state index in [1.165, 1.54) is 0 Å². The smallest absolute Gasteiger partial charge is 0.267 e. The molecule has 0 rings (SSSR count). The highest BCUT2D eigenvalue weighted by Crippen LogP contribution is 2.16. The van der Waals surface area contributed by atoms with Crippen LogP contribution in [0.5, 0.6) is 0 Å². The molecule has 3 nitrogen and oxygen atoms in total. The lowest BCUT2D eigenvalue weighted by atomic mass is 9.98. The first-order valence-electron chi connectivity index (χ1n) is 5.18. The molecule has 0 saturated carbocycles. The molecule has 0 aliphatic heterocycles. The zero-order valence-corrected chi connectivity index (χ0v) is 9.59. The Hall–Kier alpha value is -0.0251. The van der Waals surface area contributed by atoms with E-state index in [-0.39, 0.29) is 0 Å². The lowest BCUT2D eigenvalue weighted by Gasteiger charge is -2.12. The first-order chi connectivity index (χ1) is 6.52. The normalized spacial score (nSPS) is 14.1. The lowest BCUT2D eigenvalue weighted by molar-refractivity contribution is 0.450. The molecule has 0 aliphatic rings. The van der Waals surface area contributed by atoms with Crippen molar-refractivity contribution in [2.75, 3.05) is 0 Å². The summed E-state index contributed by atoms with van der Waals surface area (Å²) in [7, 11) is 1.43. The largest absolute Gasteiger partial charge is 0.285 e. The van der Waals surface area contributed by atoms with Gasteiger partial charge in [-0.25, -0.2) is 0 Å². The van der Waals surface area contributed by atoms with Crippen molar-refractivity contribution in [3.8, 4) is 0 Å². The van der Waals surface area contributed by atoms with E-state index in [0.717, 1.165) is 19.3 Å². The Morgan fingerprint density at radius 3 is 2.21 bits per heavy atom. The van der Waals surface area contributed by atoms with Gasteiger partial charge in [0.1, 0.15) is 0 Å². The molecule has 0 heterocycles. The monoisotopic (exact) mass is 218 g/mol. The third-order valence-electron chi connectivity index (χ3n) is 2.28. The molecule has 0 aliphatic carbocycles. The molecule has 14 heavy (non-hydrogen) atoms. The molecular weight excluding hydrogens is 199 g/mol. The number of unbranched alkanes of at least 4 members (excludes halogenated alkanes) is 2. The third kappa shape index (κ3) is 6.43. The van der Waals surface area contributed by atoms with Crippen LogP contribution in [0, 0.1) is 0 Å². The average Bonchev–Trinajstić information content (AvgIpc) is 2.09. The highest BCUT2D eigenvalue weighted by atomic mass is 32.2. The van der Waals surface area contributed by atoms with Gasteiger partial charge < -0.3 is 0 Å². The molecule has 1 atom stereocenters. The van der Waals surface area contributed by atoms with Crippen molar-refractivity contribution in [1.82, 2.24) is 0 Å². The summed E-state index contributed by atoms with van der Waals surface area (Å²) >= 11 is 0. The molecule has 2 radical (unpaired) electrons. The van der Waals surface area contributed by atoms with Gasteiger partial charge in [0.15, 0.2) is 0 Å². The van der Waals surface area contributed by atoms with Gasteiger partial charge in [0.25, 0.3) is 10.1 Å². The highest BCUT2D eigenvalue weighted by Gasteiger charge is 2.21. The highest BCUT2D eigenvalue weighted by molar-refractivity contribution is 7.86. The van der Waals surface area contributed by atoms with Crippen molar-refractivity contribution >= 4 is 18.0 Å². The van der Waals surface area contributed by atoms with Gasteiger partial charge >= 0.3 is 0 Å². The van der Waals surface area contributed by atoms with Gasteiger partial charge in [0.2, 0.25) is 0 Å². The average molecular weight is 218 g/mol. The van der Waals surface area contributed by atoms with Crippen molar-refractivity contribution in [2.45, 2.75) is 57.0 Å². The summed E-state index contributed by atoms with van der Waals surface area (Å²) in [5.74, 6) is 0. The van der Waals surface area contributed by atoms with E-state index in [9.17, 15) is 8.42 Å². The summed E-state index contributed by atoms with van der Waals surface area (Å²) in [6, 6.07) is 0. The van der Waals surface area contributed by atoms with E-state index in [0.29, 0.717) is 25.6 Å². The molecule has 0 aromatic rings. The quantitative estimate of drug-likeness (QED) is 0.386. The second kappa shape index (κ2) is 7.29.